The molecule has 0 amide bonds. The molecule has 0 spiro atoms. The third-order valence-corrected chi connectivity index (χ3v) is 5.20. The van der Waals surface area contributed by atoms with Gasteiger partial charge in [0.25, 0.3) is 0 Å². The summed E-state index contributed by atoms with van der Waals surface area (Å²) in [5.74, 6) is 0. The lowest BCUT2D eigenvalue weighted by Crippen LogP contribution is -2.04. The third kappa shape index (κ3) is 4.85. The zero-order valence-electron chi connectivity index (χ0n) is 6.11. The Kier molecular flexibility index (Phi) is 11.1. The van der Waals surface area contributed by atoms with Crippen molar-refractivity contribution in [3.05, 3.63) is 0 Å². The molecule has 0 atom stereocenters. The highest BCUT2D eigenvalue weighted by atomic mass is 79.9. The highest BCUT2D eigenvalue weighted by Gasteiger charge is 1.98. The monoisotopic (exact) mass is 196 g/mol. The molecule has 52 valence electrons. The second-order valence-electron chi connectivity index (χ2n) is 2.09. The maximum atomic E-state index is 2.32. The van der Waals surface area contributed by atoms with E-state index in [-0.39, 0.29) is 25.8 Å². The standard InChI is InChI=1S/C6H16Si.BrH/c1-4-7(5-2)6-3;/h7H,4-6H2,1-3H3;1H. The van der Waals surface area contributed by atoms with Crippen LogP contribution in [0, 0.1) is 0 Å². The smallest absolute Gasteiger partial charge is 0.0359 e. The normalized spacial score (nSPS) is 9.00. The average molecular weight is 197 g/mol. The summed E-state index contributed by atoms with van der Waals surface area (Å²) in [6.07, 6.45) is 0. The summed E-state index contributed by atoms with van der Waals surface area (Å²) in [6.45, 7) is 6.97. The molecule has 0 aromatic heterocycles. The molecule has 0 bridgehead atoms. The summed E-state index contributed by atoms with van der Waals surface area (Å²) in [4.78, 5) is 0. The van der Waals surface area contributed by atoms with Gasteiger partial charge in [0.1, 0.15) is 0 Å². The average Bonchev–Trinajstić information content (AvgIpc) is 1.72. The molecule has 0 aliphatic rings. The quantitative estimate of drug-likeness (QED) is 0.610. The number of halogens is 1. The topological polar surface area (TPSA) is 0 Å². The van der Waals surface area contributed by atoms with Gasteiger partial charge in [0, 0.05) is 8.80 Å². The summed E-state index contributed by atoms with van der Waals surface area (Å²) in [7, 11) is -0.171. The Labute approximate surface area is 65.1 Å². The van der Waals surface area contributed by atoms with E-state index in [1.807, 2.05) is 0 Å². The van der Waals surface area contributed by atoms with Gasteiger partial charge in [-0.1, -0.05) is 38.9 Å². The lowest BCUT2D eigenvalue weighted by molar-refractivity contribution is 1.24. The minimum atomic E-state index is -0.171. The van der Waals surface area contributed by atoms with Crippen LogP contribution in [0.25, 0.3) is 0 Å². The van der Waals surface area contributed by atoms with Crippen LogP contribution in [0.15, 0.2) is 0 Å². The van der Waals surface area contributed by atoms with Crippen molar-refractivity contribution < 1.29 is 0 Å². The first-order chi connectivity index (χ1) is 3.35. The van der Waals surface area contributed by atoms with Gasteiger partial charge in [-0.25, -0.2) is 0 Å². The molecule has 0 N–H and O–H groups in total. The minimum Gasteiger partial charge on any atom is -0.114 e. The number of hydrogen-bond acceptors (Lipinski definition) is 0. The van der Waals surface area contributed by atoms with Gasteiger partial charge >= 0.3 is 0 Å². The third-order valence-electron chi connectivity index (χ3n) is 1.73. The summed E-state index contributed by atoms with van der Waals surface area (Å²) >= 11 is 0. The van der Waals surface area contributed by atoms with Crippen molar-refractivity contribution in [1.82, 2.24) is 0 Å². The summed E-state index contributed by atoms with van der Waals surface area (Å²) in [6, 6.07) is 4.48. The maximum Gasteiger partial charge on any atom is 0.0359 e. The van der Waals surface area contributed by atoms with Gasteiger partial charge in [-0.15, -0.1) is 17.0 Å². The summed E-state index contributed by atoms with van der Waals surface area (Å²) in [5.41, 5.74) is 0. The molecule has 0 aromatic carbocycles. The van der Waals surface area contributed by atoms with Crippen molar-refractivity contribution >= 4 is 25.8 Å². The van der Waals surface area contributed by atoms with Crippen LogP contribution in [0.4, 0.5) is 0 Å². The van der Waals surface area contributed by atoms with Crippen molar-refractivity contribution in [1.29, 1.82) is 0 Å². The first-order valence-corrected chi connectivity index (χ1v) is 5.80. The Bertz CT molecular complexity index is 30.0. The van der Waals surface area contributed by atoms with Gasteiger partial charge in [0.05, 0.1) is 0 Å². The van der Waals surface area contributed by atoms with Gasteiger partial charge in [-0.05, 0) is 0 Å². The molecular weight excluding hydrogens is 180 g/mol. The fourth-order valence-electron chi connectivity index (χ4n) is 0.866. The van der Waals surface area contributed by atoms with Crippen molar-refractivity contribution in [3.63, 3.8) is 0 Å². The van der Waals surface area contributed by atoms with E-state index in [1.165, 1.54) is 18.1 Å². The van der Waals surface area contributed by atoms with E-state index < -0.39 is 0 Å². The SMILES string of the molecule is Br.CC[SiH](CC)CC. The second kappa shape index (κ2) is 7.70. The molecule has 0 radical (unpaired) electrons. The van der Waals surface area contributed by atoms with Crippen LogP contribution in [0.1, 0.15) is 20.8 Å². The van der Waals surface area contributed by atoms with Crippen molar-refractivity contribution in [3.8, 4) is 0 Å². The van der Waals surface area contributed by atoms with E-state index in [2.05, 4.69) is 20.8 Å². The lowest BCUT2D eigenvalue weighted by atomic mass is 10.9. The molecular formula is C6H17BrSi. The van der Waals surface area contributed by atoms with Crippen LogP contribution < -0.4 is 0 Å². The summed E-state index contributed by atoms with van der Waals surface area (Å²) < 4.78 is 0. The Hall–Kier alpha value is 0.697. The molecule has 0 heterocycles. The van der Waals surface area contributed by atoms with Crippen LogP contribution in [0.2, 0.25) is 18.1 Å². The van der Waals surface area contributed by atoms with Crippen molar-refractivity contribution in [2.45, 2.75) is 38.9 Å². The molecule has 0 saturated carbocycles. The van der Waals surface area contributed by atoms with E-state index in [0.717, 1.165) is 0 Å². The number of rotatable bonds is 3. The molecule has 0 saturated heterocycles. The molecule has 2 heteroatoms. The molecule has 0 aliphatic heterocycles. The van der Waals surface area contributed by atoms with Crippen molar-refractivity contribution in [2.75, 3.05) is 0 Å². The van der Waals surface area contributed by atoms with Crippen LogP contribution in [0.3, 0.4) is 0 Å². The predicted molar refractivity (Wildman–Crippen MR) is 48.9 cm³/mol. The highest BCUT2D eigenvalue weighted by molar-refractivity contribution is 8.93. The first kappa shape index (κ1) is 11.5. The Morgan fingerprint density at radius 1 is 0.875 bits per heavy atom. The summed E-state index contributed by atoms with van der Waals surface area (Å²) in [5, 5.41) is 0. The van der Waals surface area contributed by atoms with Crippen LogP contribution in [0.5, 0.6) is 0 Å². The number of hydrogen-bond donors (Lipinski definition) is 0. The minimum absolute atomic E-state index is 0. The molecule has 0 aliphatic carbocycles. The molecule has 8 heavy (non-hydrogen) atoms. The van der Waals surface area contributed by atoms with Gasteiger partial charge in [0.2, 0.25) is 0 Å². The molecule has 0 aromatic rings. The fourth-order valence-corrected chi connectivity index (χ4v) is 2.60. The van der Waals surface area contributed by atoms with Gasteiger partial charge in [-0.2, -0.15) is 0 Å². The molecule has 0 rings (SSSR count). The zero-order valence-corrected chi connectivity index (χ0v) is 8.97. The van der Waals surface area contributed by atoms with E-state index in [0.29, 0.717) is 0 Å². The first-order valence-electron chi connectivity index (χ1n) is 3.35. The van der Waals surface area contributed by atoms with Crippen molar-refractivity contribution in [2.24, 2.45) is 0 Å². The highest BCUT2D eigenvalue weighted by Crippen LogP contribution is 2.01. The van der Waals surface area contributed by atoms with E-state index >= 15 is 0 Å². The lowest BCUT2D eigenvalue weighted by Gasteiger charge is -2.03. The Morgan fingerprint density at radius 3 is 1.12 bits per heavy atom. The van der Waals surface area contributed by atoms with E-state index in [9.17, 15) is 0 Å². The van der Waals surface area contributed by atoms with E-state index in [4.69, 9.17) is 0 Å². The largest absolute Gasteiger partial charge is 0.114 e. The predicted octanol–water partition coefficient (Wildman–Crippen LogP) is 2.85. The molecule has 0 fully saturated rings. The zero-order chi connectivity index (χ0) is 5.70. The van der Waals surface area contributed by atoms with Gasteiger partial charge < -0.3 is 0 Å². The van der Waals surface area contributed by atoms with Gasteiger partial charge in [-0.3, -0.25) is 0 Å². The van der Waals surface area contributed by atoms with Gasteiger partial charge in [0.15, 0.2) is 0 Å². The van der Waals surface area contributed by atoms with Crippen LogP contribution in [-0.2, 0) is 0 Å². The van der Waals surface area contributed by atoms with Crippen LogP contribution in [-0.4, -0.2) is 8.80 Å². The molecule has 0 unspecified atom stereocenters. The van der Waals surface area contributed by atoms with E-state index in [1.54, 1.807) is 0 Å². The molecule has 0 nitrogen and oxygen atoms in total. The van der Waals surface area contributed by atoms with Crippen LogP contribution >= 0.6 is 17.0 Å². The Balaban J connectivity index is 0. The second-order valence-corrected chi connectivity index (χ2v) is 6.27. The fraction of sp³-hybridized carbons (Fsp3) is 1.00. The maximum absolute atomic E-state index is 2.32. The Morgan fingerprint density at radius 2 is 1.12 bits per heavy atom.